The number of hydrogen-bond donors (Lipinski definition) is 1. The summed E-state index contributed by atoms with van der Waals surface area (Å²) in [5.41, 5.74) is 5.17. The molecule has 0 bridgehead atoms. The summed E-state index contributed by atoms with van der Waals surface area (Å²) in [5, 5.41) is 4.29. The molecule has 1 N–H and O–H groups in total. The van der Waals surface area contributed by atoms with Crippen molar-refractivity contribution in [3.05, 3.63) is 58.3 Å². The first-order valence-electron chi connectivity index (χ1n) is 9.33. The molecule has 0 aromatic heterocycles. The second-order valence-electron chi connectivity index (χ2n) is 6.80. The molecule has 0 amide bonds. The number of benzene rings is 1. The summed E-state index contributed by atoms with van der Waals surface area (Å²) in [6.45, 7) is 8.54. The van der Waals surface area contributed by atoms with Crippen LogP contribution in [0.4, 0.5) is 0 Å². The third-order valence-corrected chi connectivity index (χ3v) is 5.21. The van der Waals surface area contributed by atoms with E-state index in [9.17, 15) is 0 Å². The predicted molar refractivity (Wildman–Crippen MR) is 108 cm³/mol. The van der Waals surface area contributed by atoms with Crippen molar-refractivity contribution in [3.8, 4) is 0 Å². The summed E-state index contributed by atoms with van der Waals surface area (Å²) in [4.78, 5) is 7.42. The Hall–Kier alpha value is -1.42. The molecule has 25 heavy (non-hydrogen) atoms. The van der Waals surface area contributed by atoms with E-state index in [1.54, 1.807) is 0 Å². The van der Waals surface area contributed by atoms with Crippen LogP contribution in [0, 0.1) is 0 Å². The van der Waals surface area contributed by atoms with Gasteiger partial charge in [0, 0.05) is 37.4 Å². The van der Waals surface area contributed by atoms with Gasteiger partial charge in [-0.1, -0.05) is 43.2 Å². The zero-order valence-electron chi connectivity index (χ0n) is 15.3. The Labute approximate surface area is 156 Å². The van der Waals surface area contributed by atoms with Gasteiger partial charge in [0.05, 0.1) is 11.8 Å². The number of nitrogens with one attached hydrogen (secondary N) is 1. The smallest absolute Gasteiger partial charge is 0.0782 e. The number of hydrogen-bond acceptors (Lipinski definition) is 3. The number of aryl methyl sites for hydroxylation is 1. The number of halogens is 1. The number of rotatable bonds is 5. The van der Waals surface area contributed by atoms with Crippen LogP contribution in [0.1, 0.15) is 43.9 Å². The van der Waals surface area contributed by atoms with Gasteiger partial charge < -0.3 is 5.32 Å². The monoisotopic (exact) mass is 357 g/mol. The Morgan fingerprint density at radius 2 is 2.08 bits per heavy atom. The van der Waals surface area contributed by atoms with Gasteiger partial charge in [-0.05, 0) is 48.6 Å². The van der Waals surface area contributed by atoms with Crippen LogP contribution in [-0.2, 0) is 6.42 Å². The number of nitrogens with zero attached hydrogens (tertiary/aromatic N) is 2. The van der Waals surface area contributed by atoms with Crippen molar-refractivity contribution >= 4 is 17.3 Å². The molecular formula is C21H28ClN3. The Kier molecular flexibility index (Phi) is 6.46. The Bertz CT molecular complexity index is 684. The molecule has 1 aromatic carbocycles. The molecule has 0 radical (unpaired) electrons. The molecule has 0 aliphatic carbocycles. The lowest BCUT2D eigenvalue weighted by molar-refractivity contribution is 0.214. The second-order valence-corrected chi connectivity index (χ2v) is 7.24. The maximum absolute atomic E-state index is 6.31. The van der Waals surface area contributed by atoms with Gasteiger partial charge >= 0.3 is 0 Å². The first kappa shape index (κ1) is 18.4. The lowest BCUT2D eigenvalue weighted by Gasteiger charge is -2.37. The van der Waals surface area contributed by atoms with E-state index in [0.29, 0.717) is 0 Å². The van der Waals surface area contributed by atoms with Gasteiger partial charge in [-0.2, -0.15) is 0 Å². The first-order valence-corrected chi connectivity index (χ1v) is 9.71. The van der Waals surface area contributed by atoms with Crippen LogP contribution < -0.4 is 5.32 Å². The minimum atomic E-state index is 0.194. The fraction of sp³-hybridized carbons (Fsp3) is 0.476. The van der Waals surface area contributed by atoms with Gasteiger partial charge in [-0.15, -0.1) is 0 Å². The van der Waals surface area contributed by atoms with Crippen LogP contribution in [0.15, 0.2) is 47.1 Å². The van der Waals surface area contributed by atoms with Crippen LogP contribution in [0.5, 0.6) is 0 Å². The topological polar surface area (TPSA) is 27.6 Å². The molecule has 1 aromatic rings. The minimum absolute atomic E-state index is 0.194. The maximum atomic E-state index is 6.31. The van der Waals surface area contributed by atoms with Crippen LogP contribution >= 0.6 is 11.6 Å². The zero-order valence-corrected chi connectivity index (χ0v) is 16.0. The van der Waals surface area contributed by atoms with E-state index in [2.05, 4.69) is 48.3 Å². The van der Waals surface area contributed by atoms with E-state index in [0.717, 1.165) is 50.5 Å². The van der Waals surface area contributed by atoms with Crippen LogP contribution in [0.3, 0.4) is 0 Å². The summed E-state index contributed by atoms with van der Waals surface area (Å²) < 4.78 is 0. The van der Waals surface area contributed by atoms with Gasteiger partial charge in [-0.25, -0.2) is 0 Å². The van der Waals surface area contributed by atoms with Gasteiger partial charge in [0.25, 0.3) is 0 Å². The molecular weight excluding hydrogens is 330 g/mol. The number of piperazine rings is 1. The highest BCUT2D eigenvalue weighted by atomic mass is 35.5. The molecule has 1 fully saturated rings. The summed E-state index contributed by atoms with van der Waals surface area (Å²) in [6, 6.07) is 6.57. The second kappa shape index (κ2) is 8.79. The quantitative estimate of drug-likeness (QED) is 0.837. The molecule has 3 rings (SSSR count). The highest BCUT2D eigenvalue weighted by Crippen LogP contribution is 2.32. The van der Waals surface area contributed by atoms with E-state index in [1.165, 1.54) is 22.4 Å². The average molecular weight is 358 g/mol. The summed E-state index contributed by atoms with van der Waals surface area (Å²) in [7, 11) is 0. The lowest BCUT2D eigenvalue weighted by Crippen LogP contribution is -2.47. The summed E-state index contributed by atoms with van der Waals surface area (Å²) in [6.07, 6.45) is 9.49. The molecule has 0 saturated carbocycles. The maximum Gasteiger partial charge on any atom is 0.0782 e. The molecule has 0 spiro atoms. The molecule has 2 aliphatic heterocycles. The third-order valence-electron chi connectivity index (χ3n) is 4.98. The van der Waals surface area contributed by atoms with Crippen LogP contribution in [-0.4, -0.2) is 36.8 Å². The van der Waals surface area contributed by atoms with Crippen LogP contribution in [0.2, 0.25) is 5.02 Å². The first-order chi connectivity index (χ1) is 12.2. The highest BCUT2D eigenvalue weighted by Gasteiger charge is 2.29. The molecule has 2 aliphatic rings. The Balaban J connectivity index is 2.08. The lowest BCUT2D eigenvalue weighted by atomic mass is 9.89. The summed E-state index contributed by atoms with van der Waals surface area (Å²) >= 11 is 6.31. The van der Waals surface area contributed by atoms with Gasteiger partial charge in [0.15, 0.2) is 0 Å². The molecule has 1 saturated heterocycles. The van der Waals surface area contributed by atoms with Gasteiger partial charge in [0.2, 0.25) is 0 Å². The molecule has 2 heterocycles. The fourth-order valence-corrected chi connectivity index (χ4v) is 3.91. The van der Waals surface area contributed by atoms with Crippen molar-refractivity contribution < 1.29 is 0 Å². The van der Waals surface area contributed by atoms with Crippen LogP contribution in [0.25, 0.3) is 0 Å². The summed E-state index contributed by atoms with van der Waals surface area (Å²) in [5.74, 6) is 0. The average Bonchev–Trinajstić information content (AvgIpc) is 2.83. The van der Waals surface area contributed by atoms with E-state index in [1.807, 2.05) is 12.3 Å². The van der Waals surface area contributed by atoms with Crippen molar-refractivity contribution in [2.45, 2.75) is 39.2 Å². The van der Waals surface area contributed by atoms with Crippen molar-refractivity contribution in [1.29, 1.82) is 0 Å². The van der Waals surface area contributed by atoms with E-state index >= 15 is 0 Å². The van der Waals surface area contributed by atoms with Crippen molar-refractivity contribution in [1.82, 2.24) is 10.2 Å². The number of aliphatic imine (C=N–C) groups is 1. The van der Waals surface area contributed by atoms with Gasteiger partial charge in [-0.3, -0.25) is 9.89 Å². The van der Waals surface area contributed by atoms with Crippen molar-refractivity contribution in [3.63, 3.8) is 0 Å². The molecule has 1 atom stereocenters. The largest absolute Gasteiger partial charge is 0.314 e. The SMILES string of the molecule is CCCc1cc(Cl)ccc1C(C1=NC=CCC=C1C)N1CCNCC1. The normalized spacial score (nSPS) is 20.0. The van der Waals surface area contributed by atoms with E-state index < -0.39 is 0 Å². The Morgan fingerprint density at radius 1 is 1.28 bits per heavy atom. The molecule has 1 unspecified atom stereocenters. The van der Waals surface area contributed by atoms with Crippen molar-refractivity contribution in [2.75, 3.05) is 26.2 Å². The highest BCUT2D eigenvalue weighted by molar-refractivity contribution is 6.30. The standard InChI is InChI=1S/C21H28ClN3/c1-3-6-17-15-18(22)8-9-19(17)21(25-13-11-23-12-14-25)20-16(2)7-4-5-10-24-20/h5,7-10,15,21,23H,3-4,6,11-14H2,1-2H3. The third kappa shape index (κ3) is 4.41. The molecule has 3 nitrogen and oxygen atoms in total. The van der Waals surface area contributed by atoms with Gasteiger partial charge in [0.1, 0.15) is 0 Å². The predicted octanol–water partition coefficient (Wildman–Crippen LogP) is 4.54. The van der Waals surface area contributed by atoms with Crippen molar-refractivity contribution in [2.24, 2.45) is 4.99 Å². The minimum Gasteiger partial charge on any atom is -0.314 e. The van der Waals surface area contributed by atoms with E-state index in [-0.39, 0.29) is 6.04 Å². The Morgan fingerprint density at radius 3 is 2.84 bits per heavy atom. The fourth-order valence-electron chi connectivity index (χ4n) is 3.72. The zero-order chi connectivity index (χ0) is 17.6. The van der Waals surface area contributed by atoms with E-state index in [4.69, 9.17) is 16.6 Å². The molecule has 4 heteroatoms. The molecule has 134 valence electrons. The number of allylic oxidation sites excluding steroid dienone is 2.